The van der Waals surface area contributed by atoms with E-state index in [4.69, 9.17) is 0 Å². The molecule has 0 aliphatic carbocycles. The van der Waals surface area contributed by atoms with Crippen LogP contribution in [0, 0.1) is 0 Å². The molecule has 0 saturated carbocycles. The number of benzene rings is 1. The molecule has 0 aliphatic heterocycles. The van der Waals surface area contributed by atoms with Crippen molar-refractivity contribution in [2.75, 3.05) is 17.2 Å². The maximum Gasteiger partial charge on any atom is 0.227 e. The fourth-order valence-corrected chi connectivity index (χ4v) is 3.32. The van der Waals surface area contributed by atoms with Gasteiger partial charge in [-0.05, 0) is 49.6 Å². The third kappa shape index (κ3) is 4.49. The van der Waals surface area contributed by atoms with E-state index >= 15 is 0 Å². The zero-order valence-corrected chi connectivity index (χ0v) is 17.9. The third-order valence-electron chi connectivity index (χ3n) is 5.17. The van der Waals surface area contributed by atoms with Crippen LogP contribution >= 0.6 is 0 Å². The standard InChI is InChI=1S/C23H27N7O/c1-4-18(13-31)27-23-28-21(20-22(29-23)30(14-25-20)15(2)3)26-19-9-7-16(8-10-19)17-6-5-11-24-12-17/h5-12,14-15,18,31H,4,13H2,1-3H3,(H2,26,27,28,29)/t18-/m1/s1. The summed E-state index contributed by atoms with van der Waals surface area (Å²) in [6.07, 6.45) is 6.16. The van der Waals surface area contributed by atoms with Crippen LogP contribution in [-0.4, -0.2) is 42.3 Å². The molecule has 1 aromatic carbocycles. The Hall–Kier alpha value is -3.52. The molecule has 0 radical (unpaired) electrons. The summed E-state index contributed by atoms with van der Waals surface area (Å²) in [4.78, 5) is 18.1. The first kappa shape index (κ1) is 20.7. The first-order valence-corrected chi connectivity index (χ1v) is 10.5. The molecule has 8 nitrogen and oxygen atoms in total. The van der Waals surface area contributed by atoms with Crippen LogP contribution in [0.1, 0.15) is 33.2 Å². The number of aliphatic hydroxyl groups excluding tert-OH is 1. The van der Waals surface area contributed by atoms with Crippen molar-refractivity contribution >= 4 is 28.6 Å². The second-order valence-corrected chi connectivity index (χ2v) is 7.69. The molecule has 8 heteroatoms. The predicted molar refractivity (Wildman–Crippen MR) is 123 cm³/mol. The molecule has 4 aromatic rings. The van der Waals surface area contributed by atoms with Gasteiger partial charge in [-0.3, -0.25) is 4.98 Å². The number of imidazole rings is 1. The molecule has 0 saturated heterocycles. The predicted octanol–water partition coefficient (Wildman–Crippen LogP) is 4.40. The molecule has 0 fully saturated rings. The Balaban J connectivity index is 1.68. The van der Waals surface area contributed by atoms with Crippen LogP contribution in [0.4, 0.5) is 17.5 Å². The molecule has 0 spiro atoms. The number of pyridine rings is 1. The van der Waals surface area contributed by atoms with E-state index in [1.165, 1.54) is 0 Å². The summed E-state index contributed by atoms with van der Waals surface area (Å²) >= 11 is 0. The first-order valence-electron chi connectivity index (χ1n) is 10.5. The van der Waals surface area contributed by atoms with Crippen LogP contribution in [-0.2, 0) is 0 Å². The van der Waals surface area contributed by atoms with Gasteiger partial charge >= 0.3 is 0 Å². The van der Waals surface area contributed by atoms with Crippen LogP contribution in [0.3, 0.4) is 0 Å². The van der Waals surface area contributed by atoms with Gasteiger partial charge in [0.05, 0.1) is 19.0 Å². The summed E-state index contributed by atoms with van der Waals surface area (Å²) in [5, 5.41) is 16.2. The van der Waals surface area contributed by atoms with Gasteiger partial charge in [0.25, 0.3) is 0 Å². The highest BCUT2D eigenvalue weighted by atomic mass is 16.3. The molecular weight excluding hydrogens is 390 g/mol. The van der Waals surface area contributed by atoms with Crippen molar-refractivity contribution in [1.82, 2.24) is 24.5 Å². The number of fused-ring (bicyclic) bond motifs is 1. The summed E-state index contributed by atoms with van der Waals surface area (Å²) < 4.78 is 2.01. The van der Waals surface area contributed by atoms with Gasteiger partial charge in [-0.25, -0.2) is 4.98 Å². The second-order valence-electron chi connectivity index (χ2n) is 7.69. The van der Waals surface area contributed by atoms with Crippen LogP contribution in [0.25, 0.3) is 22.3 Å². The average molecular weight is 418 g/mol. The van der Waals surface area contributed by atoms with E-state index in [2.05, 4.69) is 44.4 Å². The Morgan fingerprint density at radius 3 is 2.52 bits per heavy atom. The van der Waals surface area contributed by atoms with Crippen molar-refractivity contribution in [2.45, 2.75) is 39.3 Å². The largest absolute Gasteiger partial charge is 0.394 e. The second kappa shape index (κ2) is 9.09. The molecule has 160 valence electrons. The molecular formula is C23H27N7O. The number of nitrogens with one attached hydrogen (secondary N) is 2. The van der Waals surface area contributed by atoms with Crippen LogP contribution in [0.5, 0.6) is 0 Å². The highest BCUT2D eigenvalue weighted by Gasteiger charge is 2.16. The van der Waals surface area contributed by atoms with Gasteiger partial charge in [0.2, 0.25) is 5.95 Å². The van der Waals surface area contributed by atoms with Gasteiger partial charge in [0.1, 0.15) is 0 Å². The Bertz CT molecular complexity index is 1140. The van der Waals surface area contributed by atoms with Crippen molar-refractivity contribution in [3.63, 3.8) is 0 Å². The summed E-state index contributed by atoms with van der Waals surface area (Å²) in [6.45, 7) is 6.19. The van der Waals surface area contributed by atoms with Crippen LogP contribution in [0.2, 0.25) is 0 Å². The van der Waals surface area contributed by atoms with Crippen LogP contribution in [0.15, 0.2) is 55.1 Å². The van der Waals surface area contributed by atoms with Crippen molar-refractivity contribution < 1.29 is 5.11 Å². The van der Waals surface area contributed by atoms with Crippen molar-refractivity contribution in [3.05, 3.63) is 55.1 Å². The van der Waals surface area contributed by atoms with Gasteiger partial charge in [0, 0.05) is 24.1 Å². The van der Waals surface area contributed by atoms with Crippen molar-refractivity contribution in [2.24, 2.45) is 0 Å². The molecule has 3 N–H and O–H groups in total. The Morgan fingerprint density at radius 2 is 1.87 bits per heavy atom. The minimum absolute atomic E-state index is 0.0138. The van der Waals surface area contributed by atoms with Crippen LogP contribution < -0.4 is 10.6 Å². The van der Waals surface area contributed by atoms with E-state index in [-0.39, 0.29) is 18.7 Å². The Labute approximate surface area is 181 Å². The highest BCUT2D eigenvalue weighted by molar-refractivity contribution is 5.87. The lowest BCUT2D eigenvalue weighted by Gasteiger charge is -2.16. The quantitative estimate of drug-likeness (QED) is 0.391. The number of nitrogens with zero attached hydrogens (tertiary/aromatic N) is 5. The lowest BCUT2D eigenvalue weighted by atomic mass is 10.1. The lowest BCUT2D eigenvalue weighted by Crippen LogP contribution is -2.24. The molecule has 31 heavy (non-hydrogen) atoms. The van der Waals surface area contributed by atoms with E-state index in [1.54, 1.807) is 12.5 Å². The number of hydrogen-bond acceptors (Lipinski definition) is 7. The van der Waals surface area contributed by atoms with E-state index in [0.29, 0.717) is 17.3 Å². The van der Waals surface area contributed by atoms with E-state index in [9.17, 15) is 5.11 Å². The summed E-state index contributed by atoms with van der Waals surface area (Å²) in [6, 6.07) is 12.2. The fraction of sp³-hybridized carbons (Fsp3) is 0.304. The van der Waals surface area contributed by atoms with Gasteiger partial charge in [-0.1, -0.05) is 25.1 Å². The zero-order chi connectivity index (χ0) is 21.8. The highest BCUT2D eigenvalue weighted by Crippen LogP contribution is 2.27. The van der Waals surface area contributed by atoms with Crippen molar-refractivity contribution in [3.8, 4) is 11.1 Å². The normalized spacial score (nSPS) is 12.3. The fourth-order valence-electron chi connectivity index (χ4n) is 3.32. The van der Waals surface area contributed by atoms with Gasteiger partial charge in [-0.2, -0.15) is 9.97 Å². The topological polar surface area (TPSA) is 101 Å². The molecule has 3 heterocycles. The number of hydrogen-bond donors (Lipinski definition) is 3. The lowest BCUT2D eigenvalue weighted by molar-refractivity contribution is 0.271. The van der Waals surface area contributed by atoms with E-state index in [1.807, 2.05) is 54.1 Å². The monoisotopic (exact) mass is 417 g/mol. The molecule has 0 unspecified atom stereocenters. The van der Waals surface area contributed by atoms with Gasteiger partial charge in [0.15, 0.2) is 17.0 Å². The average Bonchev–Trinajstić information content (AvgIpc) is 3.23. The van der Waals surface area contributed by atoms with E-state index in [0.717, 1.165) is 28.9 Å². The van der Waals surface area contributed by atoms with Crippen molar-refractivity contribution in [1.29, 1.82) is 0 Å². The number of aliphatic hydroxyl groups is 1. The summed E-state index contributed by atoms with van der Waals surface area (Å²) in [5.41, 5.74) is 4.50. The molecule has 4 rings (SSSR count). The smallest absolute Gasteiger partial charge is 0.227 e. The number of rotatable bonds is 8. The molecule has 0 bridgehead atoms. The minimum atomic E-state index is -0.112. The first-order chi connectivity index (χ1) is 15.1. The van der Waals surface area contributed by atoms with Gasteiger partial charge < -0.3 is 20.3 Å². The number of aromatic nitrogens is 5. The SMILES string of the molecule is CC[C@H](CO)Nc1nc(Nc2ccc(-c3cccnc3)cc2)c2ncn(C(C)C)c2n1. The summed E-state index contributed by atoms with van der Waals surface area (Å²) in [7, 11) is 0. The minimum Gasteiger partial charge on any atom is -0.394 e. The third-order valence-corrected chi connectivity index (χ3v) is 5.17. The maximum absolute atomic E-state index is 9.57. The zero-order valence-electron chi connectivity index (χ0n) is 17.9. The maximum atomic E-state index is 9.57. The molecule has 3 aromatic heterocycles. The van der Waals surface area contributed by atoms with E-state index < -0.39 is 0 Å². The molecule has 1 atom stereocenters. The molecule has 0 aliphatic rings. The van der Waals surface area contributed by atoms with Gasteiger partial charge in [-0.15, -0.1) is 0 Å². The summed E-state index contributed by atoms with van der Waals surface area (Å²) in [5.74, 6) is 1.08. The Morgan fingerprint density at radius 1 is 1.06 bits per heavy atom. The Kier molecular flexibility index (Phi) is 6.08. The number of anilines is 3. The molecule has 0 amide bonds.